The molecule has 68 valence electrons. The minimum absolute atomic E-state index is 0.948. The predicted molar refractivity (Wildman–Crippen MR) is 51.9 cm³/mol. The molecule has 0 aliphatic heterocycles. The quantitative estimate of drug-likeness (QED) is 0.573. The summed E-state index contributed by atoms with van der Waals surface area (Å²) < 4.78 is 0. The molecule has 0 N–H and O–H groups in total. The first-order chi connectivity index (χ1) is 5.24. The Hall–Kier alpha value is -0.0400. The minimum Gasteiger partial charge on any atom is -0.307 e. The Morgan fingerprint density at radius 1 is 1.09 bits per heavy atom. The van der Waals surface area contributed by atoms with E-state index in [1.807, 2.05) is 0 Å². The summed E-state index contributed by atoms with van der Waals surface area (Å²) in [6.07, 6.45) is 4.06. The van der Waals surface area contributed by atoms with Gasteiger partial charge in [0.2, 0.25) is 0 Å². The second-order valence-electron chi connectivity index (χ2n) is 3.37. The van der Waals surface area contributed by atoms with Crippen molar-refractivity contribution in [3.05, 3.63) is 0 Å². The van der Waals surface area contributed by atoms with E-state index in [-0.39, 0.29) is 0 Å². The van der Waals surface area contributed by atoms with Crippen LogP contribution in [-0.4, -0.2) is 25.0 Å². The lowest BCUT2D eigenvalue weighted by atomic mass is 9.99. The van der Waals surface area contributed by atoms with E-state index >= 15 is 0 Å². The van der Waals surface area contributed by atoms with Gasteiger partial charge in [0.25, 0.3) is 0 Å². The van der Waals surface area contributed by atoms with Gasteiger partial charge in [0.15, 0.2) is 0 Å². The van der Waals surface area contributed by atoms with Crippen molar-refractivity contribution in [2.24, 2.45) is 5.92 Å². The number of hydrogen-bond acceptors (Lipinski definition) is 1. The molecule has 0 aliphatic rings. The van der Waals surface area contributed by atoms with Crippen LogP contribution in [0.4, 0.5) is 0 Å². The van der Waals surface area contributed by atoms with Crippen molar-refractivity contribution < 1.29 is 0 Å². The lowest BCUT2D eigenvalue weighted by Gasteiger charge is -2.17. The normalized spacial score (nSPS) is 11.5. The molecule has 0 aromatic rings. The zero-order chi connectivity index (χ0) is 8.69. The number of rotatable bonds is 6. The third kappa shape index (κ3) is 5.25. The van der Waals surface area contributed by atoms with Crippen LogP contribution in [0.2, 0.25) is 0 Å². The Morgan fingerprint density at radius 3 is 2.00 bits per heavy atom. The molecular weight excluding hydrogens is 134 g/mol. The van der Waals surface area contributed by atoms with Gasteiger partial charge in [-0.05, 0) is 32.5 Å². The van der Waals surface area contributed by atoms with Crippen LogP contribution in [0.3, 0.4) is 0 Å². The Balaban J connectivity index is 3.34. The van der Waals surface area contributed by atoms with E-state index in [1.165, 1.54) is 32.4 Å². The molecule has 0 aromatic carbocycles. The van der Waals surface area contributed by atoms with E-state index in [9.17, 15) is 0 Å². The average Bonchev–Trinajstić information content (AvgIpc) is 2.06. The molecule has 0 heterocycles. The van der Waals surface area contributed by atoms with Crippen LogP contribution in [0, 0.1) is 5.92 Å². The summed E-state index contributed by atoms with van der Waals surface area (Å²) in [6, 6.07) is 0. The van der Waals surface area contributed by atoms with Gasteiger partial charge in [-0.25, -0.2) is 0 Å². The molecular formula is C10H23N. The first kappa shape index (κ1) is 11.0. The van der Waals surface area contributed by atoms with E-state index in [2.05, 4.69) is 32.7 Å². The van der Waals surface area contributed by atoms with Crippen LogP contribution < -0.4 is 0 Å². The third-order valence-corrected chi connectivity index (χ3v) is 2.61. The van der Waals surface area contributed by atoms with Crippen LogP contribution >= 0.6 is 0 Å². The van der Waals surface area contributed by atoms with Gasteiger partial charge in [0.1, 0.15) is 0 Å². The van der Waals surface area contributed by atoms with Gasteiger partial charge in [-0.1, -0.05) is 33.6 Å². The molecule has 0 saturated heterocycles. The van der Waals surface area contributed by atoms with Gasteiger partial charge in [0.05, 0.1) is 0 Å². The average molecular weight is 157 g/mol. The minimum atomic E-state index is 0.948. The van der Waals surface area contributed by atoms with Crippen LogP contribution in [0.25, 0.3) is 0 Å². The number of hydrogen-bond donors (Lipinski definition) is 0. The molecule has 0 saturated carbocycles. The van der Waals surface area contributed by atoms with Crippen molar-refractivity contribution in [2.45, 2.75) is 40.0 Å². The zero-order valence-electron chi connectivity index (χ0n) is 8.56. The van der Waals surface area contributed by atoms with E-state index < -0.39 is 0 Å². The first-order valence-corrected chi connectivity index (χ1v) is 4.93. The summed E-state index contributed by atoms with van der Waals surface area (Å²) in [5, 5.41) is 0. The highest BCUT2D eigenvalue weighted by Gasteiger charge is 2.03. The molecule has 0 rings (SSSR count). The highest BCUT2D eigenvalue weighted by atomic mass is 15.1. The smallest absolute Gasteiger partial charge is 0.00193 e. The Labute approximate surface area is 71.8 Å². The molecule has 1 nitrogen and oxygen atoms in total. The molecule has 0 unspecified atom stereocenters. The molecule has 0 aliphatic carbocycles. The Morgan fingerprint density at radius 2 is 1.64 bits per heavy atom. The van der Waals surface area contributed by atoms with Crippen LogP contribution in [0.15, 0.2) is 0 Å². The Kier molecular flexibility index (Phi) is 6.63. The first-order valence-electron chi connectivity index (χ1n) is 4.93. The number of nitrogens with zero attached hydrogens (tertiary/aromatic N) is 1. The maximum Gasteiger partial charge on any atom is -0.00193 e. The SMILES string of the molecule is CCC(CC)CCN(C)CC. The maximum atomic E-state index is 2.39. The predicted octanol–water partition coefficient (Wildman–Crippen LogP) is 2.76. The molecule has 0 atom stereocenters. The van der Waals surface area contributed by atoms with Crippen LogP contribution in [-0.2, 0) is 0 Å². The molecule has 0 spiro atoms. The zero-order valence-corrected chi connectivity index (χ0v) is 8.56. The fraction of sp³-hybridized carbons (Fsp3) is 1.00. The molecule has 0 amide bonds. The summed E-state index contributed by atoms with van der Waals surface area (Å²) in [4.78, 5) is 2.39. The molecule has 11 heavy (non-hydrogen) atoms. The molecule has 0 fully saturated rings. The maximum absolute atomic E-state index is 2.39. The van der Waals surface area contributed by atoms with E-state index in [0.717, 1.165) is 5.92 Å². The molecule has 0 aromatic heterocycles. The lowest BCUT2D eigenvalue weighted by molar-refractivity contribution is 0.305. The molecule has 1 heteroatoms. The van der Waals surface area contributed by atoms with E-state index in [4.69, 9.17) is 0 Å². The largest absolute Gasteiger partial charge is 0.307 e. The summed E-state index contributed by atoms with van der Waals surface area (Å²) in [5.41, 5.74) is 0. The molecule has 0 radical (unpaired) electrons. The van der Waals surface area contributed by atoms with Crippen molar-refractivity contribution >= 4 is 0 Å². The topological polar surface area (TPSA) is 3.24 Å². The van der Waals surface area contributed by atoms with Crippen LogP contribution in [0.1, 0.15) is 40.0 Å². The summed E-state index contributed by atoms with van der Waals surface area (Å²) in [6.45, 7) is 9.25. The van der Waals surface area contributed by atoms with Crippen molar-refractivity contribution in [3.63, 3.8) is 0 Å². The lowest BCUT2D eigenvalue weighted by Crippen LogP contribution is -2.20. The van der Waals surface area contributed by atoms with Crippen LogP contribution in [0.5, 0.6) is 0 Å². The van der Waals surface area contributed by atoms with Gasteiger partial charge in [-0.2, -0.15) is 0 Å². The van der Waals surface area contributed by atoms with E-state index in [1.54, 1.807) is 0 Å². The van der Waals surface area contributed by atoms with Gasteiger partial charge in [0, 0.05) is 0 Å². The van der Waals surface area contributed by atoms with Crippen molar-refractivity contribution in [1.82, 2.24) is 4.90 Å². The van der Waals surface area contributed by atoms with Gasteiger partial charge in [-0.3, -0.25) is 0 Å². The van der Waals surface area contributed by atoms with Crippen molar-refractivity contribution in [2.75, 3.05) is 20.1 Å². The fourth-order valence-corrected chi connectivity index (χ4v) is 1.26. The summed E-state index contributed by atoms with van der Waals surface area (Å²) in [5.74, 6) is 0.948. The van der Waals surface area contributed by atoms with Gasteiger partial charge in [-0.15, -0.1) is 0 Å². The second kappa shape index (κ2) is 6.66. The molecule has 0 bridgehead atoms. The summed E-state index contributed by atoms with van der Waals surface area (Å²) >= 11 is 0. The summed E-state index contributed by atoms with van der Waals surface area (Å²) in [7, 11) is 2.20. The standard InChI is InChI=1S/C10H23N/c1-5-10(6-2)8-9-11(4)7-3/h10H,5-9H2,1-4H3. The second-order valence-corrected chi connectivity index (χ2v) is 3.37. The Bertz CT molecular complexity index is 76.9. The van der Waals surface area contributed by atoms with Crippen molar-refractivity contribution in [3.8, 4) is 0 Å². The van der Waals surface area contributed by atoms with Crippen molar-refractivity contribution in [1.29, 1.82) is 0 Å². The highest BCUT2D eigenvalue weighted by Crippen LogP contribution is 2.12. The van der Waals surface area contributed by atoms with Gasteiger partial charge < -0.3 is 4.90 Å². The van der Waals surface area contributed by atoms with E-state index in [0.29, 0.717) is 0 Å². The third-order valence-electron chi connectivity index (χ3n) is 2.61. The fourth-order valence-electron chi connectivity index (χ4n) is 1.26. The monoisotopic (exact) mass is 157 g/mol. The highest BCUT2D eigenvalue weighted by molar-refractivity contribution is 4.57. The van der Waals surface area contributed by atoms with Gasteiger partial charge >= 0.3 is 0 Å².